The number of nitrogens with zero attached hydrogens (tertiary/aromatic N) is 1. The molecule has 0 aromatic heterocycles. The predicted molar refractivity (Wildman–Crippen MR) is 97.5 cm³/mol. The standard InChI is InChI=1S/C20H27NO4/c1-3-4-5-6-7-8-14-25-20(22)12-10-17-9-11-18(23-2)19(16-17)24-15-13-21/h9-12,16H,3-8,14-15H2,1-2H3/b12-10+. The van der Waals surface area contributed by atoms with Crippen molar-refractivity contribution >= 4 is 12.0 Å². The van der Waals surface area contributed by atoms with Crippen molar-refractivity contribution in [3.8, 4) is 17.6 Å². The maximum atomic E-state index is 11.7. The monoisotopic (exact) mass is 345 g/mol. The molecule has 25 heavy (non-hydrogen) atoms. The highest BCUT2D eigenvalue weighted by atomic mass is 16.5. The Morgan fingerprint density at radius 2 is 1.92 bits per heavy atom. The van der Waals surface area contributed by atoms with Crippen LogP contribution in [0.3, 0.4) is 0 Å². The van der Waals surface area contributed by atoms with Gasteiger partial charge >= 0.3 is 5.97 Å². The molecule has 0 aliphatic rings. The molecule has 136 valence electrons. The molecule has 0 fully saturated rings. The number of nitriles is 1. The van der Waals surface area contributed by atoms with Gasteiger partial charge in [0.15, 0.2) is 18.1 Å². The summed E-state index contributed by atoms with van der Waals surface area (Å²) in [4.78, 5) is 11.7. The maximum absolute atomic E-state index is 11.7. The summed E-state index contributed by atoms with van der Waals surface area (Å²) in [5.41, 5.74) is 0.769. The Morgan fingerprint density at radius 1 is 1.16 bits per heavy atom. The van der Waals surface area contributed by atoms with E-state index in [2.05, 4.69) is 6.92 Å². The van der Waals surface area contributed by atoms with E-state index in [0.29, 0.717) is 18.1 Å². The van der Waals surface area contributed by atoms with Crippen molar-refractivity contribution in [2.24, 2.45) is 0 Å². The smallest absolute Gasteiger partial charge is 0.330 e. The first kappa shape index (κ1) is 20.6. The number of rotatable bonds is 12. The minimum absolute atomic E-state index is 0.0656. The Hall–Kier alpha value is -2.48. The van der Waals surface area contributed by atoms with Gasteiger partial charge in [-0.15, -0.1) is 0 Å². The molecule has 0 bridgehead atoms. The summed E-state index contributed by atoms with van der Waals surface area (Å²) in [6.45, 7) is 2.58. The number of methoxy groups -OCH3 is 1. The van der Waals surface area contributed by atoms with Crippen LogP contribution in [0.1, 0.15) is 51.0 Å². The van der Waals surface area contributed by atoms with Crippen molar-refractivity contribution in [2.75, 3.05) is 20.3 Å². The molecule has 0 aliphatic heterocycles. The van der Waals surface area contributed by atoms with Crippen LogP contribution >= 0.6 is 0 Å². The van der Waals surface area contributed by atoms with Crippen molar-refractivity contribution in [3.63, 3.8) is 0 Å². The zero-order valence-corrected chi connectivity index (χ0v) is 15.1. The quantitative estimate of drug-likeness (QED) is 0.317. The lowest BCUT2D eigenvalue weighted by Crippen LogP contribution is -2.02. The predicted octanol–water partition coefficient (Wildman–Crippen LogP) is 4.51. The zero-order valence-electron chi connectivity index (χ0n) is 15.1. The summed E-state index contributed by atoms with van der Waals surface area (Å²) < 4.78 is 15.7. The molecule has 0 saturated heterocycles. The fourth-order valence-electron chi connectivity index (χ4n) is 2.29. The number of carbonyl (C=O) groups is 1. The van der Waals surface area contributed by atoms with Crippen molar-refractivity contribution in [3.05, 3.63) is 29.8 Å². The van der Waals surface area contributed by atoms with Crippen LogP contribution in [0.4, 0.5) is 0 Å². The SMILES string of the molecule is CCCCCCCCOC(=O)/C=C/c1ccc(OC)c(OCC#N)c1. The van der Waals surface area contributed by atoms with E-state index < -0.39 is 0 Å². The van der Waals surface area contributed by atoms with Crippen LogP contribution < -0.4 is 9.47 Å². The van der Waals surface area contributed by atoms with Gasteiger partial charge in [0.2, 0.25) is 0 Å². The van der Waals surface area contributed by atoms with Gasteiger partial charge in [0, 0.05) is 6.08 Å². The van der Waals surface area contributed by atoms with E-state index in [-0.39, 0.29) is 12.6 Å². The van der Waals surface area contributed by atoms with E-state index >= 15 is 0 Å². The number of benzene rings is 1. The maximum Gasteiger partial charge on any atom is 0.330 e. The molecular weight excluding hydrogens is 318 g/mol. The largest absolute Gasteiger partial charge is 0.493 e. The van der Waals surface area contributed by atoms with E-state index in [1.54, 1.807) is 24.3 Å². The van der Waals surface area contributed by atoms with E-state index in [9.17, 15) is 4.79 Å². The van der Waals surface area contributed by atoms with E-state index in [1.165, 1.54) is 38.9 Å². The molecule has 0 aliphatic carbocycles. The fourth-order valence-corrected chi connectivity index (χ4v) is 2.29. The summed E-state index contributed by atoms with van der Waals surface area (Å²) in [7, 11) is 1.53. The molecule has 0 amide bonds. The third-order valence-corrected chi connectivity index (χ3v) is 3.63. The molecule has 0 unspecified atom stereocenters. The Balaban J connectivity index is 2.41. The topological polar surface area (TPSA) is 68.6 Å². The van der Waals surface area contributed by atoms with Crippen LogP contribution in [-0.4, -0.2) is 26.3 Å². The summed E-state index contributed by atoms with van der Waals surface area (Å²) >= 11 is 0. The lowest BCUT2D eigenvalue weighted by Gasteiger charge is -2.08. The second-order valence-electron chi connectivity index (χ2n) is 5.63. The number of esters is 1. The van der Waals surface area contributed by atoms with Crippen LogP contribution in [0.15, 0.2) is 24.3 Å². The summed E-state index contributed by atoms with van der Waals surface area (Å²) in [6.07, 6.45) is 9.98. The van der Waals surface area contributed by atoms with Gasteiger partial charge in [-0.3, -0.25) is 0 Å². The first-order chi connectivity index (χ1) is 12.2. The second kappa shape index (κ2) is 12.9. The minimum Gasteiger partial charge on any atom is -0.493 e. The van der Waals surface area contributed by atoms with Gasteiger partial charge in [0.25, 0.3) is 0 Å². The number of carbonyl (C=O) groups excluding carboxylic acids is 1. The van der Waals surface area contributed by atoms with Crippen LogP contribution in [0, 0.1) is 11.3 Å². The molecular formula is C20H27NO4. The van der Waals surface area contributed by atoms with Crippen molar-refractivity contribution < 1.29 is 19.0 Å². The average molecular weight is 345 g/mol. The van der Waals surface area contributed by atoms with Crippen molar-refractivity contribution in [2.45, 2.75) is 45.4 Å². The number of ether oxygens (including phenoxy) is 3. The van der Waals surface area contributed by atoms with Gasteiger partial charge in [0.1, 0.15) is 6.07 Å². The summed E-state index contributed by atoms with van der Waals surface area (Å²) in [5.74, 6) is 0.647. The Morgan fingerprint density at radius 3 is 2.64 bits per heavy atom. The van der Waals surface area contributed by atoms with E-state index in [4.69, 9.17) is 19.5 Å². The zero-order chi connectivity index (χ0) is 18.3. The average Bonchev–Trinajstić information content (AvgIpc) is 2.64. The molecule has 0 N–H and O–H groups in total. The van der Waals surface area contributed by atoms with Crippen LogP contribution in [0.2, 0.25) is 0 Å². The molecule has 0 atom stereocenters. The second-order valence-corrected chi connectivity index (χ2v) is 5.63. The van der Waals surface area contributed by atoms with Gasteiger partial charge in [-0.05, 0) is 30.2 Å². The van der Waals surface area contributed by atoms with Crippen LogP contribution in [0.5, 0.6) is 11.5 Å². The Labute approximate surface area is 150 Å². The van der Waals surface area contributed by atoms with E-state index in [0.717, 1.165) is 18.4 Å². The van der Waals surface area contributed by atoms with Crippen LogP contribution in [0.25, 0.3) is 6.08 Å². The minimum atomic E-state index is -0.358. The van der Waals surface area contributed by atoms with E-state index in [1.807, 2.05) is 6.07 Å². The lowest BCUT2D eigenvalue weighted by atomic mass is 10.1. The molecule has 5 nitrogen and oxygen atoms in total. The molecule has 1 rings (SSSR count). The fraction of sp³-hybridized carbons (Fsp3) is 0.500. The highest BCUT2D eigenvalue weighted by Gasteiger charge is 2.05. The highest BCUT2D eigenvalue weighted by molar-refractivity contribution is 5.87. The number of unbranched alkanes of at least 4 members (excludes halogenated alkanes) is 5. The van der Waals surface area contributed by atoms with Gasteiger partial charge in [-0.25, -0.2) is 4.79 Å². The Kier molecular flexibility index (Phi) is 10.6. The molecule has 0 spiro atoms. The number of hydrogen-bond donors (Lipinski definition) is 0. The highest BCUT2D eigenvalue weighted by Crippen LogP contribution is 2.28. The van der Waals surface area contributed by atoms with Crippen molar-refractivity contribution in [1.82, 2.24) is 0 Å². The summed E-state index contributed by atoms with van der Waals surface area (Å²) in [5, 5.41) is 8.61. The molecule has 1 aromatic rings. The molecule has 0 radical (unpaired) electrons. The molecule has 1 aromatic carbocycles. The molecule has 0 saturated carbocycles. The molecule has 0 heterocycles. The summed E-state index contributed by atoms with van der Waals surface area (Å²) in [6, 6.07) is 7.16. The van der Waals surface area contributed by atoms with Gasteiger partial charge in [0.05, 0.1) is 13.7 Å². The van der Waals surface area contributed by atoms with Crippen molar-refractivity contribution in [1.29, 1.82) is 5.26 Å². The normalized spacial score (nSPS) is 10.4. The van der Waals surface area contributed by atoms with Crippen LogP contribution in [-0.2, 0) is 9.53 Å². The third-order valence-electron chi connectivity index (χ3n) is 3.63. The third kappa shape index (κ3) is 8.80. The van der Waals surface area contributed by atoms with Gasteiger partial charge in [-0.2, -0.15) is 5.26 Å². The van der Waals surface area contributed by atoms with Gasteiger partial charge < -0.3 is 14.2 Å². The first-order valence-electron chi connectivity index (χ1n) is 8.74. The lowest BCUT2D eigenvalue weighted by molar-refractivity contribution is -0.137. The Bertz CT molecular complexity index is 590. The van der Waals surface area contributed by atoms with Gasteiger partial charge in [-0.1, -0.05) is 45.1 Å². The number of hydrogen-bond acceptors (Lipinski definition) is 5. The molecule has 5 heteroatoms. The first-order valence-corrected chi connectivity index (χ1v) is 8.74.